The van der Waals surface area contributed by atoms with Crippen molar-refractivity contribution in [3.63, 3.8) is 0 Å². The minimum absolute atomic E-state index is 0.0601. The molecule has 2 aliphatic rings. The highest BCUT2D eigenvalue weighted by Crippen LogP contribution is 2.25. The van der Waals surface area contributed by atoms with Crippen molar-refractivity contribution in [1.29, 1.82) is 0 Å². The second-order valence-corrected chi connectivity index (χ2v) is 9.68. The number of amides is 3. The van der Waals surface area contributed by atoms with Gasteiger partial charge in [0.25, 0.3) is 0 Å². The predicted octanol–water partition coefficient (Wildman–Crippen LogP) is 4.91. The number of rotatable bonds is 8. The smallest absolute Gasteiger partial charge is 0.410 e. The number of carbonyl (C=O) groups excluding carboxylic acids is 3. The van der Waals surface area contributed by atoms with Crippen molar-refractivity contribution >= 4 is 23.6 Å². The first-order chi connectivity index (χ1) is 18.0. The summed E-state index contributed by atoms with van der Waals surface area (Å²) in [6.45, 7) is 0.674. The van der Waals surface area contributed by atoms with Gasteiger partial charge in [-0.2, -0.15) is 0 Å². The van der Waals surface area contributed by atoms with E-state index in [1.807, 2.05) is 78.9 Å². The summed E-state index contributed by atoms with van der Waals surface area (Å²) in [5.74, 6) is -0.159. The van der Waals surface area contributed by atoms with Gasteiger partial charge in [-0.05, 0) is 60.1 Å². The molecule has 0 aromatic heterocycles. The van der Waals surface area contributed by atoms with E-state index in [-0.39, 0.29) is 18.4 Å². The van der Waals surface area contributed by atoms with Crippen molar-refractivity contribution in [2.75, 3.05) is 11.9 Å². The maximum Gasteiger partial charge on any atom is 0.410 e. The third kappa shape index (κ3) is 6.55. The Morgan fingerprint density at radius 3 is 2.38 bits per heavy atom. The summed E-state index contributed by atoms with van der Waals surface area (Å²) in [4.78, 5) is 39.3. The van der Waals surface area contributed by atoms with E-state index in [0.717, 1.165) is 41.5 Å². The number of ether oxygens (including phenoxy) is 1. The highest BCUT2D eigenvalue weighted by Gasteiger charge is 2.35. The molecule has 1 heterocycles. The van der Waals surface area contributed by atoms with E-state index in [2.05, 4.69) is 10.6 Å². The van der Waals surface area contributed by atoms with Crippen LogP contribution in [0.2, 0.25) is 0 Å². The molecule has 1 aliphatic heterocycles. The standard InChI is InChI=1S/C30H31N3O4/c34-28(31-25-15-16-25)18-21-11-13-23(14-12-21)24-8-4-9-26(19-24)32-29(35)27-10-5-17-33(27)30(36)37-20-22-6-2-1-3-7-22/h1-4,6-9,11-14,19,25,27H,5,10,15-18,20H2,(H,31,34)(H,32,35). The zero-order valence-corrected chi connectivity index (χ0v) is 20.7. The van der Waals surface area contributed by atoms with Gasteiger partial charge in [-0.3, -0.25) is 14.5 Å². The highest BCUT2D eigenvalue weighted by atomic mass is 16.6. The summed E-state index contributed by atoms with van der Waals surface area (Å²) in [6, 6.07) is 24.8. The van der Waals surface area contributed by atoms with Crippen molar-refractivity contribution in [3.05, 3.63) is 90.0 Å². The van der Waals surface area contributed by atoms with Crippen molar-refractivity contribution < 1.29 is 19.1 Å². The predicted molar refractivity (Wildman–Crippen MR) is 142 cm³/mol. The Bertz CT molecular complexity index is 1260. The fraction of sp³-hybridized carbons (Fsp3) is 0.300. The molecule has 3 amide bonds. The molecule has 1 aliphatic carbocycles. The lowest BCUT2D eigenvalue weighted by Gasteiger charge is -2.23. The van der Waals surface area contributed by atoms with E-state index < -0.39 is 12.1 Å². The van der Waals surface area contributed by atoms with Gasteiger partial charge in [-0.1, -0.05) is 66.7 Å². The Morgan fingerprint density at radius 1 is 0.838 bits per heavy atom. The van der Waals surface area contributed by atoms with Crippen LogP contribution in [0.25, 0.3) is 11.1 Å². The Morgan fingerprint density at radius 2 is 1.62 bits per heavy atom. The van der Waals surface area contributed by atoms with Gasteiger partial charge in [0.2, 0.25) is 11.8 Å². The number of likely N-dealkylation sites (tertiary alicyclic amines) is 1. The summed E-state index contributed by atoms with van der Waals surface area (Å²) in [6.07, 6.45) is 3.41. The molecule has 1 saturated heterocycles. The number of nitrogens with zero attached hydrogens (tertiary/aromatic N) is 1. The van der Waals surface area contributed by atoms with Gasteiger partial charge in [-0.25, -0.2) is 4.79 Å². The maximum atomic E-state index is 13.1. The molecule has 7 nitrogen and oxygen atoms in total. The molecule has 37 heavy (non-hydrogen) atoms. The van der Waals surface area contributed by atoms with Crippen LogP contribution in [0, 0.1) is 0 Å². The average molecular weight is 498 g/mol. The molecule has 7 heteroatoms. The fourth-order valence-corrected chi connectivity index (χ4v) is 4.57. The van der Waals surface area contributed by atoms with Crippen molar-refractivity contribution in [2.45, 2.75) is 50.8 Å². The third-order valence-electron chi connectivity index (χ3n) is 6.72. The van der Waals surface area contributed by atoms with Crippen LogP contribution >= 0.6 is 0 Å². The van der Waals surface area contributed by atoms with Gasteiger partial charge >= 0.3 is 6.09 Å². The van der Waals surface area contributed by atoms with Gasteiger partial charge in [0.15, 0.2) is 0 Å². The molecule has 1 atom stereocenters. The molecule has 3 aromatic carbocycles. The Hall–Kier alpha value is -4.13. The Balaban J connectivity index is 1.18. The largest absolute Gasteiger partial charge is 0.445 e. The van der Waals surface area contributed by atoms with E-state index in [4.69, 9.17) is 4.74 Å². The number of nitrogens with one attached hydrogen (secondary N) is 2. The molecular formula is C30H31N3O4. The molecule has 190 valence electrons. The third-order valence-corrected chi connectivity index (χ3v) is 6.72. The summed E-state index contributed by atoms with van der Waals surface area (Å²) >= 11 is 0. The van der Waals surface area contributed by atoms with Crippen LogP contribution in [0.4, 0.5) is 10.5 Å². The Kier molecular flexibility index (Phi) is 7.49. The van der Waals surface area contributed by atoms with E-state index in [0.29, 0.717) is 31.1 Å². The number of hydrogen-bond donors (Lipinski definition) is 2. The minimum atomic E-state index is -0.562. The first-order valence-corrected chi connectivity index (χ1v) is 12.8. The zero-order chi connectivity index (χ0) is 25.6. The molecule has 1 unspecified atom stereocenters. The molecule has 3 aromatic rings. The van der Waals surface area contributed by atoms with Crippen LogP contribution in [0.3, 0.4) is 0 Å². The quantitative estimate of drug-likeness (QED) is 0.463. The molecule has 5 rings (SSSR count). The molecule has 2 fully saturated rings. The number of carbonyl (C=O) groups is 3. The number of benzene rings is 3. The lowest BCUT2D eigenvalue weighted by atomic mass is 10.0. The first-order valence-electron chi connectivity index (χ1n) is 12.8. The molecule has 1 saturated carbocycles. The maximum absolute atomic E-state index is 13.1. The minimum Gasteiger partial charge on any atom is -0.445 e. The lowest BCUT2D eigenvalue weighted by Crippen LogP contribution is -2.43. The second-order valence-electron chi connectivity index (χ2n) is 9.68. The van der Waals surface area contributed by atoms with Crippen molar-refractivity contribution in [2.24, 2.45) is 0 Å². The summed E-state index contributed by atoms with van der Waals surface area (Å²) in [7, 11) is 0. The lowest BCUT2D eigenvalue weighted by molar-refractivity contribution is -0.121. The number of hydrogen-bond acceptors (Lipinski definition) is 4. The highest BCUT2D eigenvalue weighted by molar-refractivity contribution is 5.97. The average Bonchev–Trinajstić information content (AvgIpc) is 3.58. The van der Waals surface area contributed by atoms with Crippen LogP contribution in [0.15, 0.2) is 78.9 Å². The fourth-order valence-electron chi connectivity index (χ4n) is 4.57. The zero-order valence-electron chi connectivity index (χ0n) is 20.7. The van der Waals surface area contributed by atoms with E-state index in [1.165, 1.54) is 4.90 Å². The molecule has 0 radical (unpaired) electrons. The van der Waals surface area contributed by atoms with Gasteiger partial charge in [0.05, 0.1) is 6.42 Å². The van der Waals surface area contributed by atoms with Crippen molar-refractivity contribution in [3.8, 4) is 11.1 Å². The molecule has 0 spiro atoms. The van der Waals surface area contributed by atoms with E-state index in [9.17, 15) is 14.4 Å². The number of anilines is 1. The van der Waals surface area contributed by atoms with Gasteiger partial charge in [-0.15, -0.1) is 0 Å². The molecular weight excluding hydrogens is 466 g/mol. The van der Waals surface area contributed by atoms with Crippen LogP contribution < -0.4 is 10.6 Å². The van der Waals surface area contributed by atoms with Gasteiger partial charge in [0.1, 0.15) is 12.6 Å². The molecule has 0 bridgehead atoms. The SMILES string of the molecule is O=C(Cc1ccc(-c2cccc(NC(=O)C3CCCN3C(=O)OCc3ccccc3)c2)cc1)NC1CC1. The molecule has 2 N–H and O–H groups in total. The van der Waals surface area contributed by atoms with Crippen LogP contribution in [0.1, 0.15) is 36.8 Å². The van der Waals surface area contributed by atoms with Crippen LogP contribution in [-0.2, 0) is 27.4 Å². The van der Waals surface area contributed by atoms with Crippen LogP contribution in [0.5, 0.6) is 0 Å². The van der Waals surface area contributed by atoms with Crippen LogP contribution in [-0.4, -0.2) is 41.4 Å². The van der Waals surface area contributed by atoms with Gasteiger partial charge < -0.3 is 15.4 Å². The first kappa shape index (κ1) is 24.6. The summed E-state index contributed by atoms with van der Waals surface area (Å²) < 4.78 is 5.46. The van der Waals surface area contributed by atoms with E-state index in [1.54, 1.807) is 0 Å². The van der Waals surface area contributed by atoms with Gasteiger partial charge in [0, 0.05) is 18.3 Å². The summed E-state index contributed by atoms with van der Waals surface area (Å²) in [5, 5.41) is 5.98. The monoisotopic (exact) mass is 497 g/mol. The van der Waals surface area contributed by atoms with E-state index >= 15 is 0 Å². The summed E-state index contributed by atoms with van der Waals surface area (Å²) in [5.41, 5.74) is 4.49. The topological polar surface area (TPSA) is 87.7 Å². The normalized spacial score (nSPS) is 16.8. The second kappa shape index (κ2) is 11.3. The Labute approximate surface area is 216 Å². The van der Waals surface area contributed by atoms with Crippen molar-refractivity contribution in [1.82, 2.24) is 10.2 Å².